The summed E-state index contributed by atoms with van der Waals surface area (Å²) in [5, 5.41) is 8.17. The van der Waals surface area contributed by atoms with Gasteiger partial charge in [0.2, 0.25) is 5.91 Å². The van der Waals surface area contributed by atoms with Gasteiger partial charge in [0.05, 0.1) is 17.4 Å². The summed E-state index contributed by atoms with van der Waals surface area (Å²) < 4.78 is 1.52. The standard InChI is InChI=1S/C15H21N5OS/c1-9-7-13(16)20(19-9)8-14(21)17-10(2)15-18-11-5-3-4-6-12(11)22-15/h7,10H,3-6,8,16H2,1-2H3,(H,17,21)/t10-/m1/s1. The number of anilines is 1. The van der Waals surface area contributed by atoms with Crippen LogP contribution in [0.3, 0.4) is 0 Å². The molecule has 1 atom stereocenters. The van der Waals surface area contributed by atoms with E-state index in [0.29, 0.717) is 5.82 Å². The predicted octanol–water partition coefficient (Wildman–Crippen LogP) is 1.99. The fraction of sp³-hybridized carbons (Fsp3) is 0.533. The lowest BCUT2D eigenvalue weighted by Crippen LogP contribution is -2.30. The Bertz CT molecular complexity index is 667. The lowest BCUT2D eigenvalue weighted by Gasteiger charge is -2.11. The number of aromatic nitrogens is 3. The Labute approximate surface area is 133 Å². The number of aryl methyl sites for hydroxylation is 3. The number of rotatable bonds is 4. The summed E-state index contributed by atoms with van der Waals surface area (Å²) in [6.45, 7) is 3.96. The highest BCUT2D eigenvalue weighted by molar-refractivity contribution is 7.11. The minimum absolute atomic E-state index is 0.0824. The number of amides is 1. The zero-order valence-electron chi connectivity index (χ0n) is 12.9. The zero-order chi connectivity index (χ0) is 15.7. The smallest absolute Gasteiger partial charge is 0.242 e. The summed E-state index contributed by atoms with van der Waals surface area (Å²) in [6, 6.07) is 1.67. The number of nitrogens with two attached hydrogens (primary N) is 1. The second-order valence-electron chi connectivity index (χ2n) is 5.79. The lowest BCUT2D eigenvalue weighted by atomic mass is 10.0. The summed E-state index contributed by atoms with van der Waals surface area (Å²) in [5.74, 6) is 0.403. The number of hydrogen-bond donors (Lipinski definition) is 2. The van der Waals surface area contributed by atoms with Crippen LogP contribution in [-0.4, -0.2) is 20.7 Å². The first-order valence-electron chi connectivity index (χ1n) is 7.60. The maximum atomic E-state index is 12.2. The third-order valence-corrected chi connectivity index (χ3v) is 5.18. The van der Waals surface area contributed by atoms with Crippen molar-refractivity contribution < 1.29 is 4.79 Å². The van der Waals surface area contributed by atoms with Gasteiger partial charge in [0.25, 0.3) is 0 Å². The molecule has 0 unspecified atom stereocenters. The number of fused-ring (bicyclic) bond motifs is 1. The van der Waals surface area contributed by atoms with E-state index in [9.17, 15) is 4.79 Å². The Morgan fingerprint density at radius 2 is 2.27 bits per heavy atom. The van der Waals surface area contributed by atoms with E-state index in [2.05, 4.69) is 15.4 Å². The average molecular weight is 319 g/mol. The quantitative estimate of drug-likeness (QED) is 0.902. The molecule has 3 rings (SSSR count). The summed E-state index contributed by atoms with van der Waals surface area (Å²) >= 11 is 1.73. The highest BCUT2D eigenvalue weighted by Crippen LogP contribution is 2.29. The van der Waals surface area contributed by atoms with Crippen LogP contribution in [0.4, 0.5) is 5.82 Å². The van der Waals surface area contributed by atoms with Crippen LogP contribution in [0.25, 0.3) is 0 Å². The maximum absolute atomic E-state index is 12.2. The molecule has 2 aromatic heterocycles. The van der Waals surface area contributed by atoms with Gasteiger partial charge in [-0.3, -0.25) is 4.79 Å². The van der Waals surface area contributed by atoms with Crippen LogP contribution in [0.1, 0.15) is 47.1 Å². The van der Waals surface area contributed by atoms with Gasteiger partial charge in [-0.2, -0.15) is 5.10 Å². The number of carbonyl (C=O) groups is 1. The maximum Gasteiger partial charge on any atom is 0.242 e. The number of nitrogen functional groups attached to an aromatic ring is 1. The van der Waals surface area contributed by atoms with Crippen molar-refractivity contribution in [2.75, 3.05) is 5.73 Å². The number of thiazole rings is 1. The van der Waals surface area contributed by atoms with Gasteiger partial charge in [0.1, 0.15) is 17.4 Å². The minimum Gasteiger partial charge on any atom is -0.384 e. The zero-order valence-corrected chi connectivity index (χ0v) is 13.7. The van der Waals surface area contributed by atoms with Gasteiger partial charge in [-0.15, -0.1) is 11.3 Å². The third kappa shape index (κ3) is 3.14. The topological polar surface area (TPSA) is 85.8 Å². The monoisotopic (exact) mass is 319 g/mol. The number of hydrogen-bond acceptors (Lipinski definition) is 5. The van der Waals surface area contributed by atoms with E-state index >= 15 is 0 Å². The SMILES string of the molecule is Cc1cc(N)n(CC(=O)N[C@H](C)c2nc3c(s2)CCCC3)n1. The van der Waals surface area contributed by atoms with Crippen LogP contribution in [0, 0.1) is 6.92 Å². The molecule has 0 fully saturated rings. The molecule has 2 heterocycles. The normalized spacial score (nSPS) is 15.4. The second kappa shape index (κ2) is 6.08. The molecule has 0 aliphatic heterocycles. The Morgan fingerprint density at radius 1 is 1.50 bits per heavy atom. The molecule has 0 saturated carbocycles. The highest BCUT2D eigenvalue weighted by atomic mass is 32.1. The molecule has 0 bridgehead atoms. The van der Waals surface area contributed by atoms with Crippen molar-refractivity contribution in [2.24, 2.45) is 0 Å². The van der Waals surface area contributed by atoms with Crippen molar-refractivity contribution in [2.45, 2.75) is 52.1 Å². The molecule has 1 amide bonds. The minimum atomic E-state index is -0.101. The first kappa shape index (κ1) is 15.0. The molecule has 1 aliphatic carbocycles. The predicted molar refractivity (Wildman–Crippen MR) is 86.7 cm³/mol. The molecule has 0 spiro atoms. The van der Waals surface area contributed by atoms with E-state index in [1.165, 1.54) is 28.1 Å². The van der Waals surface area contributed by atoms with Crippen LogP contribution in [0.15, 0.2) is 6.07 Å². The Kier molecular flexibility index (Phi) is 4.15. The summed E-state index contributed by atoms with van der Waals surface area (Å²) in [7, 11) is 0. The molecule has 118 valence electrons. The Balaban J connectivity index is 1.63. The van der Waals surface area contributed by atoms with Crippen LogP contribution in [-0.2, 0) is 24.2 Å². The van der Waals surface area contributed by atoms with Crippen LogP contribution >= 0.6 is 11.3 Å². The molecule has 22 heavy (non-hydrogen) atoms. The van der Waals surface area contributed by atoms with Gasteiger partial charge in [-0.25, -0.2) is 9.67 Å². The molecular weight excluding hydrogens is 298 g/mol. The largest absolute Gasteiger partial charge is 0.384 e. The molecule has 2 aromatic rings. The fourth-order valence-electron chi connectivity index (χ4n) is 2.73. The van der Waals surface area contributed by atoms with Crippen molar-refractivity contribution in [3.63, 3.8) is 0 Å². The van der Waals surface area contributed by atoms with Gasteiger partial charge < -0.3 is 11.1 Å². The summed E-state index contributed by atoms with van der Waals surface area (Å²) in [5.41, 5.74) is 7.84. The number of nitrogens with zero attached hydrogens (tertiary/aromatic N) is 3. The third-order valence-electron chi connectivity index (χ3n) is 3.84. The number of nitrogens with one attached hydrogen (secondary N) is 1. The van der Waals surface area contributed by atoms with Crippen LogP contribution < -0.4 is 11.1 Å². The Morgan fingerprint density at radius 3 is 2.95 bits per heavy atom. The summed E-state index contributed by atoms with van der Waals surface area (Å²) in [4.78, 5) is 18.2. The van der Waals surface area contributed by atoms with Gasteiger partial charge >= 0.3 is 0 Å². The van der Waals surface area contributed by atoms with E-state index in [4.69, 9.17) is 5.73 Å². The fourth-order valence-corrected chi connectivity index (χ4v) is 3.89. The van der Waals surface area contributed by atoms with Crippen molar-refractivity contribution in [1.82, 2.24) is 20.1 Å². The van der Waals surface area contributed by atoms with Crippen molar-refractivity contribution in [3.05, 3.63) is 27.3 Å². The molecule has 0 aromatic carbocycles. The van der Waals surface area contributed by atoms with Gasteiger partial charge in [-0.1, -0.05) is 0 Å². The second-order valence-corrected chi connectivity index (χ2v) is 6.90. The van der Waals surface area contributed by atoms with Crippen LogP contribution in [0.5, 0.6) is 0 Å². The summed E-state index contributed by atoms with van der Waals surface area (Å²) in [6.07, 6.45) is 4.65. The van der Waals surface area contributed by atoms with E-state index in [1.807, 2.05) is 13.8 Å². The molecule has 0 radical (unpaired) electrons. The van der Waals surface area contributed by atoms with E-state index < -0.39 is 0 Å². The highest BCUT2D eigenvalue weighted by Gasteiger charge is 2.20. The molecule has 3 N–H and O–H groups in total. The molecule has 7 heteroatoms. The van der Waals surface area contributed by atoms with Crippen molar-refractivity contribution in [1.29, 1.82) is 0 Å². The van der Waals surface area contributed by atoms with Gasteiger partial charge in [0, 0.05) is 10.9 Å². The van der Waals surface area contributed by atoms with Gasteiger partial charge in [-0.05, 0) is 39.5 Å². The van der Waals surface area contributed by atoms with Crippen molar-refractivity contribution in [3.8, 4) is 0 Å². The lowest BCUT2D eigenvalue weighted by molar-refractivity contribution is -0.122. The van der Waals surface area contributed by atoms with Crippen molar-refractivity contribution >= 4 is 23.1 Å². The molecule has 6 nitrogen and oxygen atoms in total. The first-order valence-corrected chi connectivity index (χ1v) is 8.42. The molecular formula is C15H21N5OS. The van der Waals surface area contributed by atoms with E-state index in [1.54, 1.807) is 17.4 Å². The van der Waals surface area contributed by atoms with E-state index in [-0.39, 0.29) is 18.5 Å². The first-order chi connectivity index (χ1) is 10.5. The molecule has 1 aliphatic rings. The number of carbonyl (C=O) groups excluding carboxylic acids is 1. The Hall–Kier alpha value is -1.89. The van der Waals surface area contributed by atoms with Gasteiger partial charge in [0.15, 0.2) is 0 Å². The molecule has 0 saturated heterocycles. The van der Waals surface area contributed by atoms with Crippen LogP contribution in [0.2, 0.25) is 0 Å². The average Bonchev–Trinajstić information content (AvgIpc) is 3.02. The van der Waals surface area contributed by atoms with E-state index in [0.717, 1.165) is 23.5 Å².